The van der Waals surface area contributed by atoms with Crippen LogP contribution in [-0.4, -0.2) is 40.6 Å². The van der Waals surface area contributed by atoms with E-state index in [4.69, 9.17) is 11.6 Å². The second kappa shape index (κ2) is 2.60. The third kappa shape index (κ3) is 1.17. The van der Waals surface area contributed by atoms with Crippen LogP contribution in [0.3, 0.4) is 0 Å². The largest absolute Gasteiger partial charge is 0.241 e. The monoisotopic (exact) mass is 188 g/mol. The Kier molecular flexibility index (Phi) is 1.90. The Morgan fingerprint density at radius 1 is 1.42 bits per heavy atom. The number of rotatable bonds is 0. The van der Waals surface area contributed by atoms with Crippen molar-refractivity contribution in [2.75, 3.05) is 13.6 Å². The molecule has 3 atom stereocenters. The van der Waals surface area contributed by atoms with Gasteiger partial charge in [-0.25, -0.2) is 10.0 Å². The molecule has 0 aromatic carbocycles. The molecule has 2 saturated heterocycles. The van der Waals surface area contributed by atoms with Crippen LogP contribution in [0.5, 0.6) is 0 Å². The minimum atomic E-state index is 0.322. The lowest BCUT2D eigenvalue weighted by Crippen LogP contribution is -2.51. The Morgan fingerprint density at radius 2 is 2.08 bits per heavy atom. The number of hydrazine groups is 1. The van der Waals surface area contributed by atoms with Gasteiger partial charge in [0.05, 0.1) is 0 Å². The zero-order chi connectivity index (χ0) is 8.93. The van der Waals surface area contributed by atoms with Crippen LogP contribution >= 0.6 is 11.6 Å². The number of hydrogen-bond donors (Lipinski definition) is 0. The molecule has 0 N–H and O–H groups in total. The van der Waals surface area contributed by atoms with Crippen molar-refractivity contribution in [1.29, 1.82) is 0 Å². The van der Waals surface area contributed by atoms with Crippen LogP contribution in [0.1, 0.15) is 26.7 Å². The van der Waals surface area contributed by atoms with Crippen molar-refractivity contribution in [3.63, 3.8) is 0 Å². The van der Waals surface area contributed by atoms with E-state index in [1.54, 1.807) is 0 Å². The SMILES string of the molecule is CN1[C@H]2C[C@@H](Cl)CN1C(C)(C)C2. The van der Waals surface area contributed by atoms with Crippen LogP contribution in [0, 0.1) is 0 Å². The molecule has 1 unspecified atom stereocenters. The number of fused-ring (bicyclic) bond motifs is 2. The van der Waals surface area contributed by atoms with E-state index in [1.807, 2.05) is 0 Å². The molecule has 0 aliphatic carbocycles. The molecule has 0 spiro atoms. The van der Waals surface area contributed by atoms with Gasteiger partial charge in [-0.15, -0.1) is 11.6 Å². The quantitative estimate of drug-likeness (QED) is 0.534. The average molecular weight is 189 g/mol. The maximum atomic E-state index is 6.17. The number of hydrogen-bond acceptors (Lipinski definition) is 2. The molecule has 2 aliphatic rings. The van der Waals surface area contributed by atoms with Gasteiger partial charge in [0.2, 0.25) is 0 Å². The lowest BCUT2D eigenvalue weighted by molar-refractivity contribution is -0.0530. The maximum absolute atomic E-state index is 6.17. The Morgan fingerprint density at radius 3 is 2.67 bits per heavy atom. The molecule has 2 aliphatic heterocycles. The minimum Gasteiger partial charge on any atom is -0.241 e. The van der Waals surface area contributed by atoms with Gasteiger partial charge in [0.1, 0.15) is 0 Å². The van der Waals surface area contributed by atoms with Gasteiger partial charge in [-0.05, 0) is 26.7 Å². The molecule has 0 aromatic heterocycles. The van der Waals surface area contributed by atoms with Gasteiger partial charge in [0.15, 0.2) is 0 Å². The highest BCUT2D eigenvalue weighted by atomic mass is 35.5. The van der Waals surface area contributed by atoms with Gasteiger partial charge in [-0.1, -0.05) is 0 Å². The highest BCUT2D eigenvalue weighted by Crippen LogP contribution is 2.39. The van der Waals surface area contributed by atoms with Gasteiger partial charge >= 0.3 is 0 Å². The van der Waals surface area contributed by atoms with Crippen molar-refractivity contribution >= 4 is 11.6 Å². The van der Waals surface area contributed by atoms with E-state index in [1.165, 1.54) is 6.42 Å². The van der Waals surface area contributed by atoms with Crippen LogP contribution in [0.2, 0.25) is 0 Å². The van der Waals surface area contributed by atoms with Crippen molar-refractivity contribution in [2.45, 2.75) is 43.6 Å². The van der Waals surface area contributed by atoms with E-state index in [-0.39, 0.29) is 0 Å². The summed E-state index contributed by atoms with van der Waals surface area (Å²) in [7, 11) is 2.18. The summed E-state index contributed by atoms with van der Waals surface area (Å²) < 4.78 is 0. The number of alkyl halides is 1. The Balaban J connectivity index is 2.22. The molecule has 70 valence electrons. The molecule has 2 rings (SSSR count). The van der Waals surface area contributed by atoms with Gasteiger partial charge in [0.25, 0.3) is 0 Å². The summed E-state index contributed by atoms with van der Waals surface area (Å²) in [5, 5.41) is 5.14. The predicted octanol–water partition coefficient (Wildman–Crippen LogP) is 1.70. The molecular formula is C9H17ClN2. The topological polar surface area (TPSA) is 6.48 Å². The molecule has 2 bridgehead atoms. The standard InChI is InChI=1S/C9H17ClN2/c1-9(2)5-8-4-7(10)6-12(9)11(8)3/h7-8H,4-6H2,1-3H3/t7-,8+/m1/s1. The zero-order valence-electron chi connectivity index (χ0n) is 8.05. The summed E-state index contributed by atoms with van der Waals surface area (Å²) in [6.07, 6.45) is 2.41. The Bertz CT molecular complexity index is 193. The van der Waals surface area contributed by atoms with Crippen molar-refractivity contribution in [3.8, 4) is 0 Å². The van der Waals surface area contributed by atoms with Gasteiger partial charge in [0, 0.05) is 30.6 Å². The first-order chi connectivity index (χ1) is 5.50. The highest BCUT2D eigenvalue weighted by molar-refractivity contribution is 6.20. The second-order valence-electron chi connectivity index (χ2n) is 4.66. The number of halogens is 1. The van der Waals surface area contributed by atoms with Crippen molar-refractivity contribution in [2.24, 2.45) is 0 Å². The molecular weight excluding hydrogens is 172 g/mol. The fourth-order valence-electron chi connectivity index (χ4n) is 2.61. The normalized spacial score (nSPS) is 46.5. The van der Waals surface area contributed by atoms with Crippen LogP contribution in [-0.2, 0) is 0 Å². The highest BCUT2D eigenvalue weighted by Gasteiger charge is 2.47. The van der Waals surface area contributed by atoms with Gasteiger partial charge in [-0.3, -0.25) is 0 Å². The predicted molar refractivity (Wildman–Crippen MR) is 51.2 cm³/mol. The fourth-order valence-corrected chi connectivity index (χ4v) is 2.94. The molecule has 0 saturated carbocycles. The molecule has 12 heavy (non-hydrogen) atoms. The zero-order valence-corrected chi connectivity index (χ0v) is 8.80. The third-order valence-electron chi connectivity index (χ3n) is 3.24. The Hall–Kier alpha value is 0.210. The van der Waals surface area contributed by atoms with Crippen LogP contribution < -0.4 is 0 Å². The maximum Gasteiger partial charge on any atom is 0.0492 e. The lowest BCUT2D eigenvalue weighted by atomic mass is 9.98. The molecule has 3 heteroatoms. The summed E-state index contributed by atoms with van der Waals surface area (Å²) >= 11 is 6.17. The average Bonchev–Trinajstić information content (AvgIpc) is 2.12. The second-order valence-corrected chi connectivity index (χ2v) is 5.28. The smallest absolute Gasteiger partial charge is 0.0492 e. The van der Waals surface area contributed by atoms with E-state index in [2.05, 4.69) is 30.9 Å². The summed E-state index contributed by atoms with van der Waals surface area (Å²) in [4.78, 5) is 0. The van der Waals surface area contributed by atoms with E-state index in [0.717, 1.165) is 13.0 Å². The summed E-state index contributed by atoms with van der Waals surface area (Å²) in [6, 6.07) is 0.677. The first-order valence-electron chi connectivity index (χ1n) is 4.65. The first-order valence-corrected chi connectivity index (χ1v) is 5.09. The number of nitrogens with zero attached hydrogens (tertiary/aromatic N) is 2. The van der Waals surface area contributed by atoms with Gasteiger partial charge < -0.3 is 0 Å². The van der Waals surface area contributed by atoms with Gasteiger partial charge in [-0.2, -0.15) is 0 Å². The molecule has 0 aromatic rings. The fraction of sp³-hybridized carbons (Fsp3) is 1.00. The Labute approximate surface area is 79.4 Å². The first kappa shape index (κ1) is 8.79. The molecule has 2 fully saturated rings. The molecule has 0 amide bonds. The van der Waals surface area contributed by atoms with E-state index in [0.29, 0.717) is 17.0 Å². The molecule has 2 heterocycles. The van der Waals surface area contributed by atoms with Crippen molar-refractivity contribution in [1.82, 2.24) is 10.0 Å². The van der Waals surface area contributed by atoms with Crippen LogP contribution in [0.25, 0.3) is 0 Å². The van der Waals surface area contributed by atoms with Crippen LogP contribution in [0.4, 0.5) is 0 Å². The van der Waals surface area contributed by atoms with E-state index in [9.17, 15) is 0 Å². The summed E-state index contributed by atoms with van der Waals surface area (Å²) in [5.74, 6) is 0. The minimum absolute atomic E-state index is 0.322. The van der Waals surface area contributed by atoms with E-state index >= 15 is 0 Å². The van der Waals surface area contributed by atoms with E-state index < -0.39 is 0 Å². The lowest BCUT2D eigenvalue weighted by Gasteiger charge is -2.40. The molecule has 0 radical (unpaired) electrons. The van der Waals surface area contributed by atoms with Crippen LogP contribution in [0.15, 0.2) is 0 Å². The molecule has 2 nitrogen and oxygen atoms in total. The third-order valence-corrected chi connectivity index (χ3v) is 3.56. The summed E-state index contributed by atoms with van der Waals surface area (Å²) in [5.41, 5.74) is 0.322. The summed E-state index contributed by atoms with van der Waals surface area (Å²) in [6.45, 7) is 5.62. The van der Waals surface area contributed by atoms with Crippen molar-refractivity contribution < 1.29 is 0 Å². The van der Waals surface area contributed by atoms with Crippen molar-refractivity contribution in [3.05, 3.63) is 0 Å².